The largest absolute Gasteiger partial charge is 0.355 e. The average molecular weight is 459 g/mol. The van der Waals surface area contributed by atoms with Gasteiger partial charge in [-0.15, -0.1) is 0 Å². The molecule has 0 unspecified atom stereocenters. The molecule has 0 radical (unpaired) electrons. The molecule has 1 amide bonds. The van der Waals surface area contributed by atoms with Crippen LogP contribution in [0.3, 0.4) is 0 Å². The van der Waals surface area contributed by atoms with Crippen molar-refractivity contribution in [2.45, 2.75) is 20.3 Å². The van der Waals surface area contributed by atoms with Gasteiger partial charge in [-0.2, -0.15) is 0 Å². The molecule has 0 aliphatic carbocycles. The van der Waals surface area contributed by atoms with Crippen LogP contribution >= 0.6 is 30.8 Å². The molecule has 0 aromatic heterocycles. The summed E-state index contributed by atoms with van der Waals surface area (Å²) in [6.07, 6.45) is 0.258. The monoisotopic (exact) mass is 458 g/mol. The number of hydrogen-bond donors (Lipinski definition) is 2. The molecule has 0 saturated carbocycles. The third-order valence-corrected chi connectivity index (χ3v) is 6.65. The third kappa shape index (κ3) is 7.32. The predicted molar refractivity (Wildman–Crippen MR) is 119 cm³/mol. The Labute approximate surface area is 181 Å². The number of benzene rings is 2. The maximum atomic E-state index is 12.4. The van der Waals surface area contributed by atoms with Gasteiger partial charge in [0.1, 0.15) is 0 Å². The summed E-state index contributed by atoms with van der Waals surface area (Å²) in [5, 5.41) is 6.94. The van der Waals surface area contributed by atoms with E-state index in [1.807, 2.05) is 24.3 Å². The van der Waals surface area contributed by atoms with Crippen molar-refractivity contribution in [3.05, 3.63) is 58.1 Å². The smallest absolute Gasteiger partial charge is 0.332 e. The highest BCUT2D eigenvalue weighted by Gasteiger charge is 2.23. The van der Waals surface area contributed by atoms with Crippen molar-refractivity contribution in [1.29, 1.82) is 0 Å². The molecule has 0 aliphatic rings. The third-order valence-electron chi connectivity index (χ3n) is 3.95. The van der Waals surface area contributed by atoms with Gasteiger partial charge >= 0.3 is 7.60 Å². The van der Waals surface area contributed by atoms with Crippen molar-refractivity contribution in [3.8, 4) is 0 Å². The fourth-order valence-electron chi connectivity index (χ4n) is 2.68. The van der Waals surface area contributed by atoms with Gasteiger partial charge in [-0.05, 0) is 37.6 Å². The first-order chi connectivity index (χ1) is 13.9. The van der Waals surface area contributed by atoms with Crippen LogP contribution < -0.4 is 10.6 Å². The lowest BCUT2D eigenvalue weighted by Crippen LogP contribution is -2.28. The minimum absolute atomic E-state index is 0.121. The molecule has 2 aromatic carbocycles. The van der Waals surface area contributed by atoms with E-state index < -0.39 is 7.60 Å². The Bertz CT molecular complexity index is 849. The number of nitrogens with one attached hydrogen (secondary N) is 2. The van der Waals surface area contributed by atoms with Gasteiger partial charge in [0.25, 0.3) is 0 Å². The Balaban J connectivity index is 2.00. The lowest BCUT2D eigenvalue weighted by Gasteiger charge is -2.17. The van der Waals surface area contributed by atoms with E-state index in [9.17, 15) is 9.36 Å². The second-order valence-electron chi connectivity index (χ2n) is 6.08. The van der Waals surface area contributed by atoms with Gasteiger partial charge in [-0.25, -0.2) is 0 Å². The summed E-state index contributed by atoms with van der Waals surface area (Å²) in [6, 6.07) is 12.6. The van der Waals surface area contributed by atoms with Crippen LogP contribution in [-0.4, -0.2) is 31.8 Å². The van der Waals surface area contributed by atoms with Crippen LogP contribution in [0.4, 0.5) is 11.4 Å². The van der Waals surface area contributed by atoms with Gasteiger partial charge in [0, 0.05) is 12.2 Å². The molecule has 0 saturated heterocycles. The van der Waals surface area contributed by atoms with Gasteiger partial charge in [0.15, 0.2) is 0 Å². The second-order valence-corrected chi connectivity index (χ2v) is 9.08. The number of anilines is 2. The zero-order valence-electron chi connectivity index (χ0n) is 16.4. The molecule has 0 fully saturated rings. The zero-order chi connectivity index (χ0) is 21.3. The lowest BCUT2D eigenvalue weighted by molar-refractivity contribution is -0.120. The molecule has 2 N–H and O–H groups in total. The predicted octanol–water partition coefficient (Wildman–Crippen LogP) is 5.66. The summed E-state index contributed by atoms with van der Waals surface area (Å²) in [5.41, 5.74) is 2.09. The minimum Gasteiger partial charge on any atom is -0.355 e. The van der Waals surface area contributed by atoms with Gasteiger partial charge in [-0.1, -0.05) is 47.5 Å². The summed E-state index contributed by atoms with van der Waals surface area (Å²) in [6.45, 7) is 4.27. The van der Waals surface area contributed by atoms with Gasteiger partial charge < -0.3 is 19.7 Å². The Morgan fingerprint density at radius 2 is 1.62 bits per heavy atom. The molecule has 0 spiro atoms. The molecular formula is C20H25Cl2N2O4P. The van der Waals surface area contributed by atoms with Crippen LogP contribution in [0, 0.1) is 0 Å². The molecule has 0 atom stereocenters. The highest BCUT2D eigenvalue weighted by Crippen LogP contribution is 2.47. The molecule has 0 heterocycles. The summed E-state index contributed by atoms with van der Waals surface area (Å²) >= 11 is 12.4. The highest BCUT2D eigenvalue weighted by atomic mass is 35.5. The number of para-hydroxylation sites is 2. The van der Waals surface area contributed by atoms with Crippen LogP contribution in [0.1, 0.15) is 19.4 Å². The standard InChI is InChI=1S/C20H25Cl2N2O4P/c1-3-27-29(26,28-4-2)13-12-23-19(25)14-15-8-5-6-11-18(15)24-20-16(21)9-7-10-17(20)22/h5-11,24H,3-4,12-14H2,1-2H3,(H,23,25). The van der Waals surface area contributed by atoms with Crippen LogP contribution in [0.5, 0.6) is 0 Å². The van der Waals surface area contributed by atoms with E-state index in [2.05, 4.69) is 10.6 Å². The number of carbonyl (C=O) groups excluding carboxylic acids is 1. The average Bonchev–Trinajstić information content (AvgIpc) is 2.66. The first-order valence-electron chi connectivity index (χ1n) is 9.32. The molecule has 2 aromatic rings. The number of hydrogen-bond acceptors (Lipinski definition) is 5. The van der Waals surface area contributed by atoms with Crippen LogP contribution in [-0.2, 0) is 24.8 Å². The molecule has 0 bridgehead atoms. The zero-order valence-corrected chi connectivity index (χ0v) is 18.8. The molecule has 6 nitrogen and oxygen atoms in total. The van der Waals surface area contributed by atoms with E-state index in [0.717, 1.165) is 11.3 Å². The molecule has 0 aliphatic heterocycles. The summed E-state index contributed by atoms with van der Waals surface area (Å²) in [5.74, 6) is -0.205. The fourth-order valence-corrected chi connectivity index (χ4v) is 4.67. The Morgan fingerprint density at radius 1 is 1.00 bits per heavy atom. The molecular weight excluding hydrogens is 434 g/mol. The number of carbonyl (C=O) groups is 1. The van der Waals surface area contributed by atoms with Crippen molar-refractivity contribution in [3.63, 3.8) is 0 Å². The Morgan fingerprint density at radius 3 is 2.24 bits per heavy atom. The van der Waals surface area contributed by atoms with Gasteiger partial charge in [0.2, 0.25) is 5.91 Å². The van der Waals surface area contributed by atoms with E-state index in [1.54, 1.807) is 32.0 Å². The summed E-state index contributed by atoms with van der Waals surface area (Å²) in [4.78, 5) is 12.4. The molecule has 29 heavy (non-hydrogen) atoms. The highest BCUT2D eigenvalue weighted by molar-refractivity contribution is 7.53. The van der Waals surface area contributed by atoms with Crippen LogP contribution in [0.2, 0.25) is 10.0 Å². The van der Waals surface area contributed by atoms with Crippen LogP contribution in [0.25, 0.3) is 0 Å². The molecule has 9 heteroatoms. The lowest BCUT2D eigenvalue weighted by atomic mass is 10.1. The maximum Gasteiger partial charge on any atom is 0.332 e. The number of rotatable bonds is 11. The second kappa shape index (κ2) is 11.6. The topological polar surface area (TPSA) is 76.7 Å². The van der Waals surface area contributed by atoms with E-state index in [1.165, 1.54) is 0 Å². The van der Waals surface area contributed by atoms with E-state index in [4.69, 9.17) is 32.2 Å². The summed E-state index contributed by atoms with van der Waals surface area (Å²) < 4.78 is 22.9. The van der Waals surface area contributed by atoms with Crippen molar-refractivity contribution >= 4 is 48.1 Å². The Kier molecular flexibility index (Phi) is 9.47. The maximum absolute atomic E-state index is 12.4. The fraction of sp³-hybridized carbons (Fsp3) is 0.350. The van der Waals surface area contributed by atoms with Gasteiger partial charge in [-0.3, -0.25) is 9.36 Å². The van der Waals surface area contributed by atoms with E-state index in [-0.39, 0.29) is 38.2 Å². The first-order valence-corrected chi connectivity index (χ1v) is 11.8. The van der Waals surface area contributed by atoms with Crippen molar-refractivity contribution < 1.29 is 18.4 Å². The van der Waals surface area contributed by atoms with Crippen LogP contribution in [0.15, 0.2) is 42.5 Å². The SMILES string of the molecule is CCOP(=O)(CCNC(=O)Cc1ccccc1Nc1c(Cl)cccc1Cl)OCC. The quantitative estimate of drug-likeness (QED) is 0.424. The minimum atomic E-state index is -3.18. The molecule has 2 rings (SSSR count). The molecule has 158 valence electrons. The van der Waals surface area contributed by atoms with E-state index in [0.29, 0.717) is 15.7 Å². The number of halogens is 2. The normalized spacial score (nSPS) is 11.3. The van der Waals surface area contributed by atoms with Crippen molar-refractivity contribution in [1.82, 2.24) is 5.32 Å². The first kappa shape index (κ1) is 23.7. The van der Waals surface area contributed by atoms with Crippen molar-refractivity contribution in [2.75, 3.05) is 31.2 Å². The Hall–Kier alpha value is -1.56. The number of amides is 1. The van der Waals surface area contributed by atoms with Gasteiger partial charge in [0.05, 0.1) is 41.5 Å². The summed E-state index contributed by atoms with van der Waals surface area (Å²) in [7, 11) is -3.18. The van der Waals surface area contributed by atoms with Crippen molar-refractivity contribution in [2.24, 2.45) is 0 Å². The van der Waals surface area contributed by atoms with E-state index >= 15 is 0 Å².